The van der Waals surface area contributed by atoms with Crippen molar-refractivity contribution in [3.8, 4) is 0 Å². The minimum absolute atomic E-state index is 0.0952. The Morgan fingerprint density at radius 3 is 2.38 bits per heavy atom. The van der Waals surface area contributed by atoms with Crippen LogP contribution in [-0.2, 0) is 11.2 Å². The third-order valence-electron chi connectivity index (χ3n) is 3.45. The maximum Gasteiger partial charge on any atom is 0.312 e. The Labute approximate surface area is 140 Å². The molecule has 6 heteroatoms. The number of nitrogens with one attached hydrogen (secondary N) is 2. The highest BCUT2D eigenvalue weighted by Gasteiger charge is 2.20. The van der Waals surface area contributed by atoms with Crippen LogP contribution in [-0.4, -0.2) is 23.8 Å². The second kappa shape index (κ2) is 7.92. The van der Waals surface area contributed by atoms with Crippen molar-refractivity contribution in [2.75, 3.05) is 5.32 Å². The number of carbonyl (C=O) groups excluding carboxylic acids is 3. The molecule has 0 saturated heterocycles. The molecule has 0 aromatic heterocycles. The van der Waals surface area contributed by atoms with Gasteiger partial charge in [-0.3, -0.25) is 9.59 Å². The van der Waals surface area contributed by atoms with Crippen molar-refractivity contribution in [3.63, 3.8) is 0 Å². The van der Waals surface area contributed by atoms with Gasteiger partial charge in [0.2, 0.25) is 5.91 Å². The topological polar surface area (TPSA) is 101 Å². The van der Waals surface area contributed by atoms with Crippen molar-refractivity contribution in [1.29, 1.82) is 0 Å². The highest BCUT2D eigenvalue weighted by Crippen LogP contribution is 2.12. The van der Waals surface area contributed by atoms with E-state index in [0.717, 1.165) is 5.56 Å². The van der Waals surface area contributed by atoms with Crippen LogP contribution in [0.15, 0.2) is 54.6 Å². The summed E-state index contributed by atoms with van der Waals surface area (Å²) >= 11 is 0. The number of rotatable bonds is 6. The minimum atomic E-state index is -0.814. The summed E-state index contributed by atoms with van der Waals surface area (Å²) < 4.78 is 0. The number of Topliss-reactive ketones (excluding diaryl/α,β-unsaturated/α-hetero) is 1. The van der Waals surface area contributed by atoms with Gasteiger partial charge >= 0.3 is 6.03 Å². The van der Waals surface area contributed by atoms with Crippen molar-refractivity contribution in [1.82, 2.24) is 5.32 Å². The van der Waals surface area contributed by atoms with Gasteiger partial charge in [0, 0.05) is 17.7 Å². The second-order valence-electron chi connectivity index (χ2n) is 5.38. The summed E-state index contributed by atoms with van der Waals surface area (Å²) in [6.45, 7) is 1.45. The summed E-state index contributed by atoms with van der Waals surface area (Å²) in [4.78, 5) is 35.1. The lowest BCUT2D eigenvalue weighted by Gasteiger charge is -2.17. The molecule has 2 rings (SSSR count). The van der Waals surface area contributed by atoms with Gasteiger partial charge in [-0.2, -0.15) is 0 Å². The number of urea groups is 1. The third-order valence-corrected chi connectivity index (χ3v) is 3.45. The molecule has 2 aromatic rings. The number of primary amides is 1. The van der Waals surface area contributed by atoms with Crippen molar-refractivity contribution in [2.45, 2.75) is 19.4 Å². The standard InChI is InChI=1S/C18H19N3O3/c1-12(22)14-8-5-9-15(11-14)20-17(23)16(21-18(19)24)10-13-6-3-2-4-7-13/h2-9,11,16H,10H2,1H3,(H,20,23)(H3,19,21,24). The quantitative estimate of drug-likeness (QED) is 0.709. The number of hydrogen-bond acceptors (Lipinski definition) is 3. The van der Waals surface area contributed by atoms with Gasteiger partial charge in [-0.15, -0.1) is 0 Å². The molecule has 0 aliphatic rings. The summed E-state index contributed by atoms with van der Waals surface area (Å²) in [6.07, 6.45) is 0.308. The summed E-state index contributed by atoms with van der Waals surface area (Å²) in [6, 6.07) is 14.3. The van der Waals surface area contributed by atoms with E-state index in [9.17, 15) is 14.4 Å². The molecule has 24 heavy (non-hydrogen) atoms. The summed E-state index contributed by atoms with van der Waals surface area (Å²) in [5.41, 5.74) is 7.04. The Hall–Kier alpha value is -3.15. The minimum Gasteiger partial charge on any atom is -0.352 e. The van der Waals surface area contributed by atoms with E-state index in [-0.39, 0.29) is 5.78 Å². The van der Waals surface area contributed by atoms with Crippen molar-refractivity contribution >= 4 is 23.4 Å². The number of carbonyl (C=O) groups is 3. The summed E-state index contributed by atoms with van der Waals surface area (Å²) in [5, 5.41) is 5.15. The lowest BCUT2D eigenvalue weighted by Crippen LogP contribution is -2.47. The first-order chi connectivity index (χ1) is 11.5. The van der Waals surface area contributed by atoms with Gasteiger partial charge in [0.05, 0.1) is 0 Å². The van der Waals surface area contributed by atoms with Crippen LogP contribution in [0.4, 0.5) is 10.5 Å². The maximum absolute atomic E-state index is 12.5. The zero-order valence-corrected chi connectivity index (χ0v) is 13.3. The monoisotopic (exact) mass is 325 g/mol. The lowest BCUT2D eigenvalue weighted by molar-refractivity contribution is -0.117. The molecule has 0 heterocycles. The molecule has 0 bridgehead atoms. The predicted molar refractivity (Wildman–Crippen MR) is 91.7 cm³/mol. The molecular formula is C18H19N3O3. The van der Waals surface area contributed by atoms with E-state index in [1.165, 1.54) is 6.92 Å². The van der Waals surface area contributed by atoms with Gasteiger partial charge in [-0.05, 0) is 24.6 Å². The van der Waals surface area contributed by atoms with Gasteiger partial charge < -0.3 is 16.4 Å². The van der Waals surface area contributed by atoms with Crippen LogP contribution in [0.2, 0.25) is 0 Å². The van der Waals surface area contributed by atoms with E-state index in [1.54, 1.807) is 24.3 Å². The van der Waals surface area contributed by atoms with Crippen LogP contribution < -0.4 is 16.4 Å². The van der Waals surface area contributed by atoms with E-state index in [1.807, 2.05) is 30.3 Å². The van der Waals surface area contributed by atoms with Crippen LogP contribution in [0.1, 0.15) is 22.8 Å². The Morgan fingerprint density at radius 1 is 1.04 bits per heavy atom. The lowest BCUT2D eigenvalue weighted by atomic mass is 10.0. The molecule has 0 radical (unpaired) electrons. The molecule has 1 unspecified atom stereocenters. The number of benzene rings is 2. The fourth-order valence-corrected chi connectivity index (χ4v) is 2.28. The first-order valence-electron chi connectivity index (χ1n) is 7.47. The molecule has 0 fully saturated rings. The predicted octanol–water partition coefficient (Wildman–Crippen LogP) is 2.11. The molecule has 4 N–H and O–H groups in total. The largest absolute Gasteiger partial charge is 0.352 e. The van der Waals surface area contributed by atoms with Gasteiger partial charge in [-0.25, -0.2) is 4.79 Å². The van der Waals surface area contributed by atoms with Crippen molar-refractivity contribution in [2.24, 2.45) is 5.73 Å². The summed E-state index contributed by atoms with van der Waals surface area (Å²) in [5.74, 6) is -0.499. The molecule has 2 aromatic carbocycles. The van der Waals surface area contributed by atoms with Gasteiger partial charge in [0.1, 0.15) is 6.04 Å². The molecular weight excluding hydrogens is 306 g/mol. The number of amides is 3. The van der Waals surface area contributed by atoms with Crippen molar-refractivity contribution < 1.29 is 14.4 Å². The molecule has 6 nitrogen and oxygen atoms in total. The molecule has 0 aliphatic carbocycles. The van der Waals surface area contributed by atoms with Gasteiger partial charge in [0.25, 0.3) is 0 Å². The highest BCUT2D eigenvalue weighted by molar-refractivity contribution is 5.99. The SMILES string of the molecule is CC(=O)c1cccc(NC(=O)C(Cc2ccccc2)NC(N)=O)c1. The maximum atomic E-state index is 12.5. The summed E-state index contributed by atoms with van der Waals surface area (Å²) in [7, 11) is 0. The molecule has 1 atom stereocenters. The zero-order valence-electron chi connectivity index (χ0n) is 13.3. The van der Waals surface area contributed by atoms with Crippen LogP contribution in [0, 0.1) is 0 Å². The Bertz CT molecular complexity index is 744. The highest BCUT2D eigenvalue weighted by atomic mass is 16.2. The van der Waals surface area contributed by atoms with Gasteiger partial charge in [-0.1, -0.05) is 42.5 Å². The molecule has 0 saturated carbocycles. The van der Waals surface area contributed by atoms with Crippen molar-refractivity contribution in [3.05, 3.63) is 65.7 Å². The van der Waals surface area contributed by atoms with Gasteiger partial charge in [0.15, 0.2) is 5.78 Å². The van der Waals surface area contributed by atoms with E-state index >= 15 is 0 Å². The van der Waals surface area contributed by atoms with Crippen LogP contribution in [0.3, 0.4) is 0 Å². The second-order valence-corrected chi connectivity index (χ2v) is 5.38. The number of ketones is 1. The fourth-order valence-electron chi connectivity index (χ4n) is 2.28. The number of nitrogens with two attached hydrogens (primary N) is 1. The normalized spacial score (nSPS) is 11.4. The molecule has 0 spiro atoms. The first kappa shape index (κ1) is 17.2. The zero-order chi connectivity index (χ0) is 17.5. The first-order valence-corrected chi connectivity index (χ1v) is 7.47. The van der Waals surface area contributed by atoms with Crippen LogP contribution in [0.5, 0.6) is 0 Å². The molecule has 124 valence electrons. The van der Waals surface area contributed by atoms with E-state index in [4.69, 9.17) is 5.73 Å². The van der Waals surface area contributed by atoms with Crippen LogP contribution in [0.25, 0.3) is 0 Å². The average Bonchev–Trinajstić information content (AvgIpc) is 2.55. The Balaban J connectivity index is 2.14. The third kappa shape index (κ3) is 4.95. The molecule has 0 aliphatic heterocycles. The van der Waals surface area contributed by atoms with Crippen LogP contribution >= 0.6 is 0 Å². The van der Waals surface area contributed by atoms with E-state index in [2.05, 4.69) is 10.6 Å². The smallest absolute Gasteiger partial charge is 0.312 e. The van der Waals surface area contributed by atoms with E-state index in [0.29, 0.717) is 17.7 Å². The van der Waals surface area contributed by atoms with E-state index < -0.39 is 18.0 Å². The number of hydrogen-bond donors (Lipinski definition) is 3. The average molecular weight is 325 g/mol. The fraction of sp³-hybridized carbons (Fsp3) is 0.167. The Kier molecular flexibility index (Phi) is 5.68. The number of anilines is 1. The molecule has 3 amide bonds. The Morgan fingerprint density at radius 2 is 1.75 bits per heavy atom.